The molecule has 0 unspecified atom stereocenters. The highest BCUT2D eigenvalue weighted by Crippen LogP contribution is 2.15. The van der Waals surface area contributed by atoms with E-state index >= 15 is 0 Å². The van der Waals surface area contributed by atoms with Crippen molar-refractivity contribution < 1.29 is 9.90 Å². The third kappa shape index (κ3) is 4.55. The zero-order valence-electron chi connectivity index (χ0n) is 11.9. The lowest BCUT2D eigenvalue weighted by Gasteiger charge is -2.33. The van der Waals surface area contributed by atoms with E-state index in [1.54, 1.807) is 0 Å². The second kappa shape index (κ2) is 7.07. The Morgan fingerprint density at radius 2 is 1.89 bits per heavy atom. The molecular weight excluding hydrogens is 230 g/mol. The summed E-state index contributed by atoms with van der Waals surface area (Å²) in [5.74, 6) is 0.161. The summed E-state index contributed by atoms with van der Waals surface area (Å²) in [6.07, 6.45) is 1.44. The van der Waals surface area contributed by atoms with Gasteiger partial charge in [0.25, 0.3) is 0 Å². The van der Waals surface area contributed by atoms with Crippen molar-refractivity contribution in [1.82, 2.24) is 15.1 Å². The second-order valence-electron chi connectivity index (χ2n) is 5.23. The first-order valence-corrected chi connectivity index (χ1v) is 6.90. The molecule has 0 aromatic carbocycles. The Morgan fingerprint density at radius 1 is 1.33 bits per heavy atom. The van der Waals surface area contributed by atoms with E-state index in [0.717, 1.165) is 39.0 Å². The van der Waals surface area contributed by atoms with Crippen LogP contribution in [0.1, 0.15) is 26.7 Å². The summed E-state index contributed by atoms with van der Waals surface area (Å²) < 4.78 is 0. The third-order valence-electron chi connectivity index (χ3n) is 3.76. The molecule has 0 radical (unpaired) electrons. The Morgan fingerprint density at radius 3 is 2.39 bits per heavy atom. The van der Waals surface area contributed by atoms with Crippen molar-refractivity contribution in [3.63, 3.8) is 0 Å². The summed E-state index contributed by atoms with van der Waals surface area (Å²) in [5.41, 5.74) is -0.668. The van der Waals surface area contributed by atoms with Gasteiger partial charge in [0.05, 0.1) is 12.1 Å². The Bertz CT molecular complexity index is 261. The smallest absolute Gasteiger partial charge is 0.236 e. The van der Waals surface area contributed by atoms with Crippen LogP contribution in [0.3, 0.4) is 0 Å². The zero-order chi connectivity index (χ0) is 13.6. The lowest BCUT2D eigenvalue weighted by Crippen LogP contribution is -2.50. The highest BCUT2D eigenvalue weighted by atomic mass is 16.3. The average Bonchev–Trinajstić information content (AvgIpc) is 2.39. The Balaban J connectivity index is 2.38. The van der Waals surface area contributed by atoms with Crippen LogP contribution in [-0.4, -0.2) is 72.7 Å². The van der Waals surface area contributed by atoms with Gasteiger partial charge in [-0.05, 0) is 19.9 Å². The topological polar surface area (TPSA) is 55.8 Å². The molecule has 0 aromatic rings. The van der Waals surface area contributed by atoms with Crippen molar-refractivity contribution in [1.29, 1.82) is 0 Å². The molecular formula is C13H27N3O2. The number of piperazine rings is 1. The minimum absolute atomic E-state index is 0.161. The molecule has 1 aliphatic rings. The molecule has 1 saturated heterocycles. The maximum absolute atomic E-state index is 12.0. The van der Waals surface area contributed by atoms with Crippen LogP contribution >= 0.6 is 0 Å². The molecule has 1 amide bonds. The molecule has 5 nitrogen and oxygen atoms in total. The fraction of sp³-hybridized carbons (Fsp3) is 0.923. The van der Waals surface area contributed by atoms with Crippen molar-refractivity contribution in [2.45, 2.75) is 32.3 Å². The van der Waals surface area contributed by atoms with Crippen LogP contribution in [0.25, 0.3) is 0 Å². The molecule has 0 spiro atoms. The fourth-order valence-electron chi connectivity index (χ4n) is 2.28. The molecule has 0 saturated carbocycles. The van der Waals surface area contributed by atoms with Crippen LogP contribution in [0.5, 0.6) is 0 Å². The first-order valence-electron chi connectivity index (χ1n) is 6.90. The first-order chi connectivity index (χ1) is 8.50. The first kappa shape index (κ1) is 15.4. The van der Waals surface area contributed by atoms with Gasteiger partial charge < -0.3 is 15.3 Å². The molecule has 1 rings (SSSR count). The van der Waals surface area contributed by atoms with Gasteiger partial charge in [-0.15, -0.1) is 0 Å². The number of likely N-dealkylation sites (N-methyl/N-ethyl adjacent to an activating group) is 1. The number of aliphatic hydroxyl groups is 1. The zero-order valence-corrected chi connectivity index (χ0v) is 11.9. The molecule has 5 heteroatoms. The van der Waals surface area contributed by atoms with E-state index < -0.39 is 5.60 Å². The molecule has 0 bridgehead atoms. The van der Waals surface area contributed by atoms with E-state index in [1.165, 1.54) is 0 Å². The molecule has 1 fully saturated rings. The Labute approximate surface area is 110 Å². The maximum Gasteiger partial charge on any atom is 0.236 e. The summed E-state index contributed by atoms with van der Waals surface area (Å²) in [6, 6.07) is 0. The van der Waals surface area contributed by atoms with Crippen LogP contribution in [0.2, 0.25) is 0 Å². The third-order valence-corrected chi connectivity index (χ3v) is 3.76. The number of amides is 1. The molecule has 18 heavy (non-hydrogen) atoms. The van der Waals surface area contributed by atoms with Crippen molar-refractivity contribution in [2.75, 3.05) is 46.3 Å². The van der Waals surface area contributed by atoms with Gasteiger partial charge in [0, 0.05) is 32.7 Å². The van der Waals surface area contributed by atoms with Crippen molar-refractivity contribution in [2.24, 2.45) is 0 Å². The fourth-order valence-corrected chi connectivity index (χ4v) is 2.28. The second-order valence-corrected chi connectivity index (χ2v) is 5.23. The quantitative estimate of drug-likeness (QED) is 0.698. The molecule has 1 heterocycles. The normalized spacial score (nSPS) is 17.3. The number of carbonyl (C=O) groups is 1. The van der Waals surface area contributed by atoms with Gasteiger partial charge in [-0.25, -0.2) is 0 Å². The van der Waals surface area contributed by atoms with Crippen molar-refractivity contribution >= 4 is 5.91 Å². The number of nitrogens with zero attached hydrogens (tertiary/aromatic N) is 2. The summed E-state index contributed by atoms with van der Waals surface area (Å²) in [7, 11) is 1.90. The van der Waals surface area contributed by atoms with Gasteiger partial charge in [-0.3, -0.25) is 9.69 Å². The number of hydrogen-bond acceptors (Lipinski definition) is 4. The average molecular weight is 257 g/mol. The van der Waals surface area contributed by atoms with E-state index in [-0.39, 0.29) is 5.91 Å². The molecule has 106 valence electrons. The Hall–Kier alpha value is -0.650. The van der Waals surface area contributed by atoms with Crippen LogP contribution in [0.4, 0.5) is 0 Å². The highest BCUT2D eigenvalue weighted by molar-refractivity contribution is 5.78. The van der Waals surface area contributed by atoms with Gasteiger partial charge in [0.2, 0.25) is 5.91 Å². The van der Waals surface area contributed by atoms with E-state index in [0.29, 0.717) is 13.1 Å². The summed E-state index contributed by atoms with van der Waals surface area (Å²) in [6.45, 7) is 8.24. The molecule has 2 N–H and O–H groups in total. The molecule has 0 aromatic heterocycles. The van der Waals surface area contributed by atoms with Crippen LogP contribution in [0, 0.1) is 0 Å². The summed E-state index contributed by atoms with van der Waals surface area (Å²) in [5, 5.41) is 13.5. The minimum atomic E-state index is -0.668. The monoisotopic (exact) mass is 257 g/mol. The number of carbonyl (C=O) groups excluding carboxylic acids is 1. The summed E-state index contributed by atoms with van der Waals surface area (Å²) in [4.78, 5) is 15.9. The van der Waals surface area contributed by atoms with Crippen LogP contribution in [-0.2, 0) is 4.79 Å². The largest absolute Gasteiger partial charge is 0.389 e. The summed E-state index contributed by atoms with van der Waals surface area (Å²) >= 11 is 0. The lowest BCUT2D eigenvalue weighted by molar-refractivity contribution is -0.133. The minimum Gasteiger partial charge on any atom is -0.389 e. The standard InChI is InChI=1S/C13H27N3O2/c1-4-13(18,5-2)11-15(3)10-12(17)16-8-6-14-7-9-16/h14,18H,4-11H2,1-3H3. The van der Waals surface area contributed by atoms with Gasteiger partial charge in [-0.2, -0.15) is 0 Å². The van der Waals surface area contributed by atoms with Crippen molar-refractivity contribution in [3.8, 4) is 0 Å². The number of hydrogen-bond donors (Lipinski definition) is 2. The van der Waals surface area contributed by atoms with Gasteiger partial charge in [-0.1, -0.05) is 13.8 Å². The highest BCUT2D eigenvalue weighted by Gasteiger charge is 2.26. The van der Waals surface area contributed by atoms with E-state index in [9.17, 15) is 9.90 Å². The lowest BCUT2D eigenvalue weighted by atomic mass is 9.97. The van der Waals surface area contributed by atoms with E-state index in [4.69, 9.17) is 0 Å². The Kier molecular flexibility index (Phi) is 6.05. The molecule has 0 atom stereocenters. The molecule has 0 aliphatic carbocycles. The molecule has 1 aliphatic heterocycles. The van der Waals surface area contributed by atoms with Crippen LogP contribution < -0.4 is 5.32 Å². The van der Waals surface area contributed by atoms with Gasteiger partial charge in [0.15, 0.2) is 0 Å². The van der Waals surface area contributed by atoms with Crippen LogP contribution in [0.15, 0.2) is 0 Å². The van der Waals surface area contributed by atoms with E-state index in [2.05, 4.69) is 5.32 Å². The van der Waals surface area contributed by atoms with E-state index in [1.807, 2.05) is 30.7 Å². The van der Waals surface area contributed by atoms with Crippen molar-refractivity contribution in [3.05, 3.63) is 0 Å². The predicted octanol–water partition coefficient (Wildman–Crippen LogP) is -0.0989. The number of rotatable bonds is 6. The SMILES string of the molecule is CCC(O)(CC)CN(C)CC(=O)N1CCNCC1. The predicted molar refractivity (Wildman–Crippen MR) is 72.5 cm³/mol. The number of nitrogens with one attached hydrogen (secondary N) is 1. The van der Waals surface area contributed by atoms with Gasteiger partial charge >= 0.3 is 0 Å². The van der Waals surface area contributed by atoms with Gasteiger partial charge in [0.1, 0.15) is 0 Å². The maximum atomic E-state index is 12.0.